The Kier molecular flexibility index (Phi) is 10.7. The third-order valence-electron chi connectivity index (χ3n) is 5.59. The first-order valence-corrected chi connectivity index (χ1v) is 11.9. The van der Waals surface area contributed by atoms with Crippen molar-refractivity contribution in [2.45, 2.75) is 92.1 Å². The molecule has 1 unspecified atom stereocenters. The molecule has 4 heteroatoms. The standard InChI is InChI=1S/C26H42O4/c1-6-9-12-28-17-20(11-8-3)24-18-30-26-22(24)15-21(14-19(4)5)25(23(26)16-27)29-13-10-7-2/h15,18-20,27H,6-14,16-17H2,1-5H3. The minimum atomic E-state index is -0.0811. The lowest BCUT2D eigenvalue weighted by Gasteiger charge is -2.19. The molecule has 0 aliphatic rings. The van der Waals surface area contributed by atoms with E-state index in [4.69, 9.17) is 13.9 Å². The molecule has 0 bridgehead atoms. The molecule has 1 heterocycles. The summed E-state index contributed by atoms with van der Waals surface area (Å²) in [6, 6.07) is 2.24. The summed E-state index contributed by atoms with van der Waals surface area (Å²) >= 11 is 0. The number of hydrogen-bond donors (Lipinski definition) is 1. The number of benzene rings is 1. The highest BCUT2D eigenvalue weighted by atomic mass is 16.5. The van der Waals surface area contributed by atoms with Crippen LogP contribution in [0, 0.1) is 5.92 Å². The maximum Gasteiger partial charge on any atom is 0.143 e. The molecular formula is C26H42O4. The molecule has 0 aliphatic carbocycles. The van der Waals surface area contributed by atoms with Gasteiger partial charge in [-0.2, -0.15) is 0 Å². The van der Waals surface area contributed by atoms with Crippen LogP contribution < -0.4 is 4.74 Å². The lowest BCUT2D eigenvalue weighted by Crippen LogP contribution is -2.09. The first-order chi connectivity index (χ1) is 14.6. The number of fused-ring (bicyclic) bond motifs is 1. The van der Waals surface area contributed by atoms with E-state index in [1.165, 1.54) is 11.1 Å². The summed E-state index contributed by atoms with van der Waals surface area (Å²) in [6.07, 6.45) is 9.27. The van der Waals surface area contributed by atoms with Crippen molar-refractivity contribution in [2.24, 2.45) is 5.92 Å². The van der Waals surface area contributed by atoms with Crippen molar-refractivity contribution in [3.05, 3.63) is 29.0 Å². The van der Waals surface area contributed by atoms with E-state index in [2.05, 4.69) is 40.7 Å². The maximum atomic E-state index is 10.2. The SMILES string of the molecule is CCCCOCC(CCC)c1coc2c(CO)c(OCCCC)c(CC(C)C)cc12. The molecule has 30 heavy (non-hydrogen) atoms. The first-order valence-electron chi connectivity index (χ1n) is 11.9. The minimum absolute atomic E-state index is 0.0811. The number of hydrogen-bond acceptors (Lipinski definition) is 4. The molecular weight excluding hydrogens is 376 g/mol. The van der Waals surface area contributed by atoms with Gasteiger partial charge < -0.3 is 19.0 Å². The summed E-state index contributed by atoms with van der Waals surface area (Å²) in [5.74, 6) is 1.62. The van der Waals surface area contributed by atoms with Crippen molar-refractivity contribution in [1.29, 1.82) is 0 Å². The first kappa shape index (κ1) is 24.7. The van der Waals surface area contributed by atoms with E-state index in [1.807, 2.05) is 6.26 Å². The van der Waals surface area contributed by atoms with Gasteiger partial charge >= 0.3 is 0 Å². The summed E-state index contributed by atoms with van der Waals surface area (Å²) in [7, 11) is 0. The van der Waals surface area contributed by atoms with Gasteiger partial charge in [0, 0.05) is 23.5 Å². The fourth-order valence-corrected chi connectivity index (χ4v) is 4.00. The van der Waals surface area contributed by atoms with E-state index in [9.17, 15) is 5.11 Å². The van der Waals surface area contributed by atoms with Crippen LogP contribution in [0.1, 0.15) is 95.8 Å². The van der Waals surface area contributed by atoms with Crippen LogP contribution in [0.3, 0.4) is 0 Å². The van der Waals surface area contributed by atoms with Crippen molar-refractivity contribution in [3.63, 3.8) is 0 Å². The molecule has 1 aromatic heterocycles. The van der Waals surface area contributed by atoms with Crippen LogP contribution in [0.15, 0.2) is 16.7 Å². The zero-order chi connectivity index (χ0) is 21.9. The van der Waals surface area contributed by atoms with Crippen molar-refractivity contribution in [2.75, 3.05) is 19.8 Å². The Hall–Kier alpha value is -1.52. The number of furan rings is 1. The predicted molar refractivity (Wildman–Crippen MR) is 124 cm³/mol. The van der Waals surface area contributed by atoms with Gasteiger partial charge in [0.2, 0.25) is 0 Å². The Morgan fingerprint density at radius 1 is 1.03 bits per heavy atom. The monoisotopic (exact) mass is 418 g/mol. The van der Waals surface area contributed by atoms with Gasteiger partial charge in [0.15, 0.2) is 0 Å². The molecule has 2 aromatic rings. The molecule has 0 saturated heterocycles. The number of aliphatic hydroxyl groups is 1. The largest absolute Gasteiger partial charge is 0.493 e. The van der Waals surface area contributed by atoms with Crippen molar-refractivity contribution < 1.29 is 19.0 Å². The highest BCUT2D eigenvalue weighted by Crippen LogP contribution is 2.39. The normalized spacial score (nSPS) is 12.8. The summed E-state index contributed by atoms with van der Waals surface area (Å²) in [6.45, 7) is 13.1. The van der Waals surface area contributed by atoms with Crippen LogP contribution in [0.5, 0.6) is 5.75 Å². The summed E-state index contributed by atoms with van der Waals surface area (Å²) in [5.41, 5.74) is 3.92. The summed E-state index contributed by atoms with van der Waals surface area (Å²) in [5, 5.41) is 11.3. The van der Waals surface area contributed by atoms with E-state index < -0.39 is 0 Å². The van der Waals surface area contributed by atoms with Crippen LogP contribution in [0.4, 0.5) is 0 Å². The molecule has 0 aliphatic heterocycles. The molecule has 4 nitrogen and oxygen atoms in total. The van der Waals surface area contributed by atoms with Gasteiger partial charge in [-0.1, -0.05) is 53.9 Å². The summed E-state index contributed by atoms with van der Waals surface area (Å²) < 4.78 is 18.2. The highest BCUT2D eigenvalue weighted by Gasteiger charge is 2.23. The minimum Gasteiger partial charge on any atom is -0.493 e. The predicted octanol–water partition coefficient (Wildman–Crippen LogP) is 7.00. The van der Waals surface area contributed by atoms with Gasteiger partial charge in [0.05, 0.1) is 31.6 Å². The van der Waals surface area contributed by atoms with Gasteiger partial charge in [0.1, 0.15) is 11.3 Å². The molecule has 0 radical (unpaired) electrons. The third-order valence-corrected chi connectivity index (χ3v) is 5.59. The van der Waals surface area contributed by atoms with Crippen LogP contribution in [0.25, 0.3) is 11.0 Å². The maximum absolute atomic E-state index is 10.2. The molecule has 1 N–H and O–H groups in total. The van der Waals surface area contributed by atoms with Crippen LogP contribution >= 0.6 is 0 Å². The Morgan fingerprint density at radius 3 is 2.40 bits per heavy atom. The second kappa shape index (κ2) is 13.0. The van der Waals surface area contributed by atoms with Gasteiger partial charge in [-0.3, -0.25) is 0 Å². The fourth-order valence-electron chi connectivity index (χ4n) is 4.00. The fraction of sp³-hybridized carbons (Fsp3) is 0.692. The molecule has 1 aromatic carbocycles. The Bertz CT molecular complexity index is 747. The molecule has 0 saturated carbocycles. The second-order valence-electron chi connectivity index (χ2n) is 8.78. The number of aliphatic hydroxyl groups excluding tert-OH is 1. The molecule has 1 atom stereocenters. The Balaban J connectivity index is 2.46. The lowest BCUT2D eigenvalue weighted by molar-refractivity contribution is 0.115. The van der Waals surface area contributed by atoms with E-state index in [0.29, 0.717) is 25.0 Å². The van der Waals surface area contributed by atoms with Crippen LogP contribution in [-0.4, -0.2) is 24.9 Å². The number of ether oxygens (including phenoxy) is 2. The topological polar surface area (TPSA) is 51.8 Å². The van der Waals surface area contributed by atoms with Crippen molar-refractivity contribution >= 4 is 11.0 Å². The summed E-state index contributed by atoms with van der Waals surface area (Å²) in [4.78, 5) is 0. The molecule has 0 amide bonds. The molecule has 0 spiro atoms. The zero-order valence-corrected chi connectivity index (χ0v) is 19.8. The van der Waals surface area contributed by atoms with E-state index in [0.717, 1.165) is 73.8 Å². The molecule has 0 fully saturated rings. The highest BCUT2D eigenvalue weighted by molar-refractivity contribution is 5.87. The van der Waals surface area contributed by atoms with Gasteiger partial charge in [0.25, 0.3) is 0 Å². The molecule has 170 valence electrons. The van der Waals surface area contributed by atoms with Gasteiger partial charge in [-0.05, 0) is 43.2 Å². The van der Waals surface area contributed by atoms with E-state index in [-0.39, 0.29) is 6.61 Å². The van der Waals surface area contributed by atoms with Crippen LogP contribution in [-0.2, 0) is 17.8 Å². The van der Waals surface area contributed by atoms with E-state index in [1.54, 1.807) is 0 Å². The number of unbranched alkanes of at least 4 members (excludes halogenated alkanes) is 2. The van der Waals surface area contributed by atoms with Crippen molar-refractivity contribution in [3.8, 4) is 5.75 Å². The van der Waals surface area contributed by atoms with Gasteiger partial charge in [-0.15, -0.1) is 0 Å². The smallest absolute Gasteiger partial charge is 0.143 e. The third kappa shape index (κ3) is 6.49. The van der Waals surface area contributed by atoms with Crippen molar-refractivity contribution in [1.82, 2.24) is 0 Å². The van der Waals surface area contributed by atoms with E-state index >= 15 is 0 Å². The number of rotatable bonds is 15. The molecule has 2 rings (SSSR count). The quantitative estimate of drug-likeness (QED) is 0.316. The van der Waals surface area contributed by atoms with Gasteiger partial charge in [-0.25, -0.2) is 0 Å². The zero-order valence-electron chi connectivity index (χ0n) is 19.8. The van der Waals surface area contributed by atoms with Crippen LogP contribution in [0.2, 0.25) is 0 Å². The lowest BCUT2D eigenvalue weighted by atomic mass is 9.91. The average Bonchev–Trinajstić information content (AvgIpc) is 3.13. The Labute approximate surface area is 182 Å². The average molecular weight is 419 g/mol. The second-order valence-corrected chi connectivity index (χ2v) is 8.78. The Morgan fingerprint density at radius 2 is 1.77 bits per heavy atom.